The lowest BCUT2D eigenvalue weighted by Gasteiger charge is -2.29. The van der Waals surface area contributed by atoms with Crippen molar-refractivity contribution in [2.75, 3.05) is 13.1 Å². The predicted molar refractivity (Wildman–Crippen MR) is 82.2 cm³/mol. The van der Waals surface area contributed by atoms with Gasteiger partial charge in [0, 0.05) is 30.5 Å². The summed E-state index contributed by atoms with van der Waals surface area (Å²) in [6.07, 6.45) is 4.92. The van der Waals surface area contributed by atoms with Crippen molar-refractivity contribution in [1.82, 2.24) is 15.2 Å². The number of hydrogen-bond donors (Lipinski definition) is 1. The van der Waals surface area contributed by atoms with Crippen molar-refractivity contribution in [1.29, 1.82) is 0 Å². The Morgan fingerprint density at radius 3 is 2.42 bits per heavy atom. The van der Waals surface area contributed by atoms with Gasteiger partial charge in [-0.25, -0.2) is 0 Å². The molecule has 3 heteroatoms. The molecule has 1 unspecified atom stereocenters. The van der Waals surface area contributed by atoms with Crippen molar-refractivity contribution in [2.45, 2.75) is 59.2 Å². The van der Waals surface area contributed by atoms with Gasteiger partial charge in [-0.15, -0.1) is 0 Å². The van der Waals surface area contributed by atoms with Crippen LogP contribution in [0.5, 0.6) is 0 Å². The maximum atomic E-state index is 4.07. The van der Waals surface area contributed by atoms with E-state index in [2.05, 4.69) is 62.0 Å². The van der Waals surface area contributed by atoms with E-state index in [0.29, 0.717) is 6.04 Å². The summed E-state index contributed by atoms with van der Waals surface area (Å²) in [7, 11) is 0. The van der Waals surface area contributed by atoms with E-state index in [-0.39, 0.29) is 5.54 Å². The molecule has 0 spiro atoms. The van der Waals surface area contributed by atoms with Crippen molar-refractivity contribution < 1.29 is 0 Å². The number of aromatic nitrogens is 1. The molecule has 0 amide bonds. The summed E-state index contributed by atoms with van der Waals surface area (Å²) in [5.74, 6) is 0. The molecule has 0 fully saturated rings. The molecule has 1 heterocycles. The Morgan fingerprint density at radius 2 is 1.89 bits per heavy atom. The minimum atomic E-state index is 0.210. The van der Waals surface area contributed by atoms with Crippen molar-refractivity contribution >= 4 is 0 Å². The molecule has 0 saturated heterocycles. The molecule has 0 bridgehead atoms. The summed E-state index contributed by atoms with van der Waals surface area (Å²) in [5, 5.41) is 3.56. The Balaban J connectivity index is 2.41. The summed E-state index contributed by atoms with van der Waals surface area (Å²) in [4.78, 5) is 6.59. The molecule has 1 aromatic rings. The lowest BCUT2D eigenvalue weighted by Crippen LogP contribution is -2.40. The van der Waals surface area contributed by atoms with Gasteiger partial charge >= 0.3 is 0 Å². The van der Waals surface area contributed by atoms with Crippen LogP contribution in [0.1, 0.15) is 46.6 Å². The minimum Gasteiger partial charge on any atom is -0.312 e. The Kier molecular flexibility index (Phi) is 6.46. The molecule has 0 aliphatic rings. The highest BCUT2D eigenvalue weighted by atomic mass is 15.1. The number of rotatable bonds is 7. The highest BCUT2D eigenvalue weighted by Crippen LogP contribution is 2.10. The maximum Gasteiger partial charge on any atom is 0.0271 e. The van der Waals surface area contributed by atoms with Crippen LogP contribution in [0.4, 0.5) is 0 Å². The Hall–Kier alpha value is -0.930. The largest absolute Gasteiger partial charge is 0.312 e. The normalized spacial score (nSPS) is 13.8. The number of nitrogens with zero attached hydrogens (tertiary/aromatic N) is 2. The van der Waals surface area contributed by atoms with Crippen molar-refractivity contribution in [2.24, 2.45) is 0 Å². The summed E-state index contributed by atoms with van der Waals surface area (Å²) >= 11 is 0. The number of hydrogen-bond acceptors (Lipinski definition) is 3. The third kappa shape index (κ3) is 6.69. The molecule has 1 N–H and O–H groups in total. The third-order valence-electron chi connectivity index (χ3n) is 3.38. The molecule has 1 aromatic heterocycles. The Labute approximate surface area is 118 Å². The number of pyridine rings is 1. The molecule has 0 radical (unpaired) electrons. The van der Waals surface area contributed by atoms with Crippen LogP contribution in [0, 0.1) is 0 Å². The van der Waals surface area contributed by atoms with E-state index in [4.69, 9.17) is 0 Å². The monoisotopic (exact) mass is 263 g/mol. The minimum absolute atomic E-state index is 0.210. The van der Waals surface area contributed by atoms with E-state index in [9.17, 15) is 0 Å². The molecule has 0 saturated carbocycles. The van der Waals surface area contributed by atoms with Gasteiger partial charge in [0.25, 0.3) is 0 Å². The molecular formula is C16H29N3. The molecule has 108 valence electrons. The second-order valence-electron chi connectivity index (χ2n) is 6.23. The van der Waals surface area contributed by atoms with E-state index in [0.717, 1.165) is 19.6 Å². The van der Waals surface area contributed by atoms with Crippen molar-refractivity contribution in [3.63, 3.8) is 0 Å². The SMILES string of the molecule is CCN(Cc1ccncc1)C(C)CCNC(C)(C)C. The first-order valence-electron chi connectivity index (χ1n) is 7.30. The van der Waals surface area contributed by atoms with Crippen LogP contribution in [0.25, 0.3) is 0 Å². The van der Waals surface area contributed by atoms with Crippen molar-refractivity contribution in [3.8, 4) is 0 Å². The zero-order valence-electron chi connectivity index (χ0n) is 13.1. The second kappa shape index (κ2) is 7.61. The third-order valence-corrected chi connectivity index (χ3v) is 3.38. The summed E-state index contributed by atoms with van der Waals surface area (Å²) < 4.78 is 0. The molecule has 0 aliphatic heterocycles. The van der Waals surface area contributed by atoms with Gasteiger partial charge in [-0.05, 0) is 64.9 Å². The maximum absolute atomic E-state index is 4.07. The van der Waals surface area contributed by atoms with Crippen LogP contribution in [0.3, 0.4) is 0 Å². The van der Waals surface area contributed by atoms with E-state index in [1.807, 2.05) is 12.4 Å². The zero-order valence-corrected chi connectivity index (χ0v) is 13.1. The van der Waals surface area contributed by atoms with Gasteiger partial charge in [-0.1, -0.05) is 6.92 Å². The fourth-order valence-electron chi connectivity index (χ4n) is 2.14. The van der Waals surface area contributed by atoms with Crippen LogP contribution in [-0.4, -0.2) is 34.6 Å². The number of nitrogens with one attached hydrogen (secondary N) is 1. The standard InChI is InChI=1S/C16H29N3/c1-6-19(13-15-8-10-17-11-9-15)14(2)7-12-18-16(3,4)5/h8-11,14,18H,6-7,12-13H2,1-5H3. The fraction of sp³-hybridized carbons (Fsp3) is 0.688. The molecule has 0 aliphatic carbocycles. The quantitative estimate of drug-likeness (QED) is 0.819. The lowest BCUT2D eigenvalue weighted by molar-refractivity contribution is 0.197. The fourth-order valence-corrected chi connectivity index (χ4v) is 2.14. The van der Waals surface area contributed by atoms with Gasteiger partial charge in [0.05, 0.1) is 0 Å². The first kappa shape index (κ1) is 16.1. The van der Waals surface area contributed by atoms with E-state index in [1.165, 1.54) is 12.0 Å². The van der Waals surface area contributed by atoms with Crippen LogP contribution >= 0.6 is 0 Å². The first-order chi connectivity index (χ1) is 8.92. The van der Waals surface area contributed by atoms with E-state index in [1.54, 1.807) is 0 Å². The van der Waals surface area contributed by atoms with Crippen LogP contribution in [-0.2, 0) is 6.54 Å². The molecule has 19 heavy (non-hydrogen) atoms. The van der Waals surface area contributed by atoms with Gasteiger partial charge in [0.1, 0.15) is 0 Å². The Bertz CT molecular complexity index is 343. The van der Waals surface area contributed by atoms with Crippen molar-refractivity contribution in [3.05, 3.63) is 30.1 Å². The van der Waals surface area contributed by atoms with Gasteiger partial charge in [-0.3, -0.25) is 9.88 Å². The van der Waals surface area contributed by atoms with Crippen LogP contribution in [0.15, 0.2) is 24.5 Å². The molecule has 1 rings (SSSR count). The highest BCUT2D eigenvalue weighted by Gasteiger charge is 2.14. The molecule has 3 nitrogen and oxygen atoms in total. The second-order valence-corrected chi connectivity index (χ2v) is 6.23. The molecule has 1 atom stereocenters. The van der Waals surface area contributed by atoms with Gasteiger partial charge in [0.2, 0.25) is 0 Å². The van der Waals surface area contributed by atoms with E-state index >= 15 is 0 Å². The smallest absolute Gasteiger partial charge is 0.0271 e. The Morgan fingerprint density at radius 1 is 1.26 bits per heavy atom. The van der Waals surface area contributed by atoms with Gasteiger partial charge in [-0.2, -0.15) is 0 Å². The lowest BCUT2D eigenvalue weighted by atomic mass is 10.1. The van der Waals surface area contributed by atoms with Crippen LogP contribution in [0.2, 0.25) is 0 Å². The summed E-state index contributed by atoms with van der Waals surface area (Å²) in [6.45, 7) is 14.3. The van der Waals surface area contributed by atoms with Crippen LogP contribution < -0.4 is 5.32 Å². The highest BCUT2D eigenvalue weighted by molar-refractivity contribution is 5.09. The van der Waals surface area contributed by atoms with Gasteiger partial charge in [0.15, 0.2) is 0 Å². The topological polar surface area (TPSA) is 28.2 Å². The predicted octanol–water partition coefficient (Wildman–Crippen LogP) is 3.07. The average molecular weight is 263 g/mol. The van der Waals surface area contributed by atoms with Gasteiger partial charge < -0.3 is 5.32 Å². The summed E-state index contributed by atoms with van der Waals surface area (Å²) in [6, 6.07) is 4.79. The average Bonchev–Trinajstić information content (AvgIpc) is 2.35. The van der Waals surface area contributed by atoms with E-state index < -0.39 is 0 Å². The first-order valence-corrected chi connectivity index (χ1v) is 7.30. The molecular weight excluding hydrogens is 234 g/mol. The molecule has 0 aromatic carbocycles. The zero-order chi connectivity index (χ0) is 14.3. The summed E-state index contributed by atoms with van der Waals surface area (Å²) in [5.41, 5.74) is 1.55.